The van der Waals surface area contributed by atoms with E-state index in [1.165, 1.54) is 19.3 Å². The second kappa shape index (κ2) is 5.42. The zero-order valence-electron chi connectivity index (χ0n) is 12.4. The zero-order chi connectivity index (χ0) is 15.0. The Hall–Kier alpha value is -1.98. The van der Waals surface area contributed by atoms with Gasteiger partial charge in [0.1, 0.15) is 5.82 Å². The van der Waals surface area contributed by atoms with Crippen molar-refractivity contribution < 1.29 is 4.39 Å². The highest BCUT2D eigenvalue weighted by Crippen LogP contribution is 2.32. The Labute approximate surface area is 123 Å². The molecule has 0 amide bonds. The van der Waals surface area contributed by atoms with Crippen LogP contribution in [0.1, 0.15) is 31.7 Å². The van der Waals surface area contributed by atoms with Gasteiger partial charge < -0.3 is 5.73 Å². The number of nitrogen functional groups attached to an aromatic ring is 1. The SMILES string of the molecule is Cc1cc(N)cc(-c2nnnn2CC2CCC(C)C2)c1F. The third-order valence-electron chi connectivity index (χ3n) is 4.28. The number of aryl methyl sites for hydroxylation is 1. The van der Waals surface area contributed by atoms with Gasteiger partial charge in [-0.25, -0.2) is 9.07 Å². The molecule has 0 spiro atoms. The van der Waals surface area contributed by atoms with E-state index in [4.69, 9.17) is 5.73 Å². The maximum Gasteiger partial charge on any atom is 0.185 e. The Bertz CT molecular complexity index is 652. The van der Waals surface area contributed by atoms with Gasteiger partial charge >= 0.3 is 0 Å². The van der Waals surface area contributed by atoms with Crippen LogP contribution in [0.4, 0.5) is 10.1 Å². The van der Waals surface area contributed by atoms with Gasteiger partial charge in [0.05, 0.1) is 5.56 Å². The van der Waals surface area contributed by atoms with E-state index < -0.39 is 0 Å². The molecule has 2 N–H and O–H groups in total. The van der Waals surface area contributed by atoms with Crippen LogP contribution in [0, 0.1) is 24.6 Å². The Kier molecular flexibility index (Phi) is 3.61. The minimum Gasteiger partial charge on any atom is -0.399 e. The Morgan fingerprint density at radius 1 is 1.38 bits per heavy atom. The van der Waals surface area contributed by atoms with Crippen LogP contribution < -0.4 is 5.73 Å². The van der Waals surface area contributed by atoms with E-state index in [0.29, 0.717) is 28.6 Å². The number of anilines is 1. The maximum atomic E-state index is 14.3. The van der Waals surface area contributed by atoms with Crippen LogP contribution in [0.5, 0.6) is 0 Å². The number of hydrogen-bond donors (Lipinski definition) is 1. The van der Waals surface area contributed by atoms with E-state index in [1.807, 2.05) is 0 Å². The summed E-state index contributed by atoms with van der Waals surface area (Å²) in [5.41, 5.74) is 7.23. The average molecular weight is 289 g/mol. The van der Waals surface area contributed by atoms with Crippen molar-refractivity contribution in [2.24, 2.45) is 11.8 Å². The van der Waals surface area contributed by atoms with Crippen LogP contribution in [0.25, 0.3) is 11.4 Å². The van der Waals surface area contributed by atoms with Crippen molar-refractivity contribution in [1.82, 2.24) is 20.2 Å². The molecule has 1 fully saturated rings. The summed E-state index contributed by atoms with van der Waals surface area (Å²) in [6, 6.07) is 3.22. The average Bonchev–Trinajstić information content (AvgIpc) is 3.04. The van der Waals surface area contributed by atoms with Crippen LogP contribution in [0.15, 0.2) is 12.1 Å². The van der Waals surface area contributed by atoms with Crippen molar-refractivity contribution in [2.75, 3.05) is 5.73 Å². The van der Waals surface area contributed by atoms with Crippen molar-refractivity contribution in [3.8, 4) is 11.4 Å². The molecule has 1 aromatic heterocycles. The molecule has 3 rings (SSSR count). The molecule has 2 atom stereocenters. The van der Waals surface area contributed by atoms with Crippen LogP contribution in [0.2, 0.25) is 0 Å². The molecule has 0 aliphatic heterocycles. The smallest absolute Gasteiger partial charge is 0.185 e. The summed E-state index contributed by atoms with van der Waals surface area (Å²) in [7, 11) is 0. The van der Waals surface area contributed by atoms with Crippen molar-refractivity contribution in [3.63, 3.8) is 0 Å². The van der Waals surface area contributed by atoms with E-state index in [2.05, 4.69) is 22.4 Å². The third-order valence-corrected chi connectivity index (χ3v) is 4.28. The first-order valence-corrected chi connectivity index (χ1v) is 7.36. The first-order valence-electron chi connectivity index (χ1n) is 7.36. The topological polar surface area (TPSA) is 69.6 Å². The predicted molar refractivity (Wildman–Crippen MR) is 78.9 cm³/mol. The van der Waals surface area contributed by atoms with Crippen molar-refractivity contribution in [3.05, 3.63) is 23.5 Å². The van der Waals surface area contributed by atoms with Crippen LogP contribution in [-0.2, 0) is 6.54 Å². The van der Waals surface area contributed by atoms with Gasteiger partial charge in [-0.3, -0.25) is 0 Å². The lowest BCUT2D eigenvalue weighted by Gasteiger charge is -2.12. The number of nitrogens with zero attached hydrogens (tertiary/aromatic N) is 4. The lowest BCUT2D eigenvalue weighted by molar-refractivity contribution is 0.412. The fourth-order valence-electron chi connectivity index (χ4n) is 3.22. The number of aromatic nitrogens is 4. The molecule has 1 aliphatic carbocycles. The van der Waals surface area contributed by atoms with Gasteiger partial charge in [0.25, 0.3) is 0 Å². The lowest BCUT2D eigenvalue weighted by atomic mass is 10.1. The normalized spacial score (nSPS) is 21.9. The summed E-state index contributed by atoms with van der Waals surface area (Å²) in [6.07, 6.45) is 3.60. The highest BCUT2D eigenvalue weighted by atomic mass is 19.1. The molecule has 0 saturated heterocycles. The molecule has 1 aliphatic rings. The van der Waals surface area contributed by atoms with Gasteiger partial charge in [0.2, 0.25) is 0 Å². The monoisotopic (exact) mass is 289 g/mol. The van der Waals surface area contributed by atoms with Crippen LogP contribution >= 0.6 is 0 Å². The van der Waals surface area contributed by atoms with Crippen molar-refractivity contribution in [2.45, 2.75) is 39.7 Å². The van der Waals surface area contributed by atoms with Crippen molar-refractivity contribution >= 4 is 5.69 Å². The summed E-state index contributed by atoms with van der Waals surface area (Å²) >= 11 is 0. The summed E-state index contributed by atoms with van der Waals surface area (Å²) < 4.78 is 16.0. The predicted octanol–water partition coefficient (Wildman–Crippen LogP) is 2.81. The molecule has 5 nitrogen and oxygen atoms in total. The quantitative estimate of drug-likeness (QED) is 0.882. The van der Waals surface area contributed by atoms with E-state index in [-0.39, 0.29) is 5.82 Å². The summed E-state index contributed by atoms with van der Waals surface area (Å²) in [6.45, 7) is 4.70. The second-order valence-electron chi connectivity index (χ2n) is 6.17. The number of benzene rings is 1. The molecule has 112 valence electrons. The molecule has 1 saturated carbocycles. The largest absolute Gasteiger partial charge is 0.399 e. The number of nitrogens with two attached hydrogens (primary N) is 1. The maximum absolute atomic E-state index is 14.3. The molecule has 6 heteroatoms. The second-order valence-corrected chi connectivity index (χ2v) is 6.17. The molecule has 0 bridgehead atoms. The summed E-state index contributed by atoms with van der Waals surface area (Å²) in [4.78, 5) is 0. The van der Waals surface area contributed by atoms with Crippen LogP contribution in [0.3, 0.4) is 0 Å². The van der Waals surface area contributed by atoms with Gasteiger partial charge in [0, 0.05) is 12.2 Å². The Morgan fingerprint density at radius 2 is 2.19 bits per heavy atom. The van der Waals surface area contributed by atoms with E-state index in [1.54, 1.807) is 23.7 Å². The fourth-order valence-corrected chi connectivity index (χ4v) is 3.22. The van der Waals surface area contributed by atoms with Gasteiger partial charge in [-0.05, 0) is 59.7 Å². The minimum absolute atomic E-state index is 0.306. The highest BCUT2D eigenvalue weighted by Gasteiger charge is 2.24. The van der Waals surface area contributed by atoms with Crippen LogP contribution in [-0.4, -0.2) is 20.2 Å². The minimum atomic E-state index is -0.306. The fraction of sp³-hybridized carbons (Fsp3) is 0.533. The number of hydrogen-bond acceptors (Lipinski definition) is 4. The molecular formula is C15H20FN5. The van der Waals surface area contributed by atoms with E-state index in [9.17, 15) is 4.39 Å². The standard InChI is InChI=1S/C15H20FN5/c1-9-3-4-11(5-9)8-21-15(18-19-20-21)13-7-12(17)6-10(2)14(13)16/h6-7,9,11H,3-5,8,17H2,1-2H3. The first kappa shape index (κ1) is 14.0. The number of tetrazole rings is 1. The Morgan fingerprint density at radius 3 is 2.90 bits per heavy atom. The third kappa shape index (κ3) is 2.75. The molecule has 1 aromatic carbocycles. The molecule has 2 unspecified atom stereocenters. The van der Waals surface area contributed by atoms with Gasteiger partial charge in [-0.2, -0.15) is 0 Å². The van der Waals surface area contributed by atoms with E-state index >= 15 is 0 Å². The molecule has 0 radical (unpaired) electrons. The first-order chi connectivity index (χ1) is 10.0. The van der Waals surface area contributed by atoms with Gasteiger partial charge in [-0.1, -0.05) is 13.3 Å². The van der Waals surface area contributed by atoms with Crippen molar-refractivity contribution in [1.29, 1.82) is 0 Å². The number of halogens is 1. The zero-order valence-corrected chi connectivity index (χ0v) is 12.4. The van der Waals surface area contributed by atoms with E-state index in [0.717, 1.165) is 12.5 Å². The lowest BCUT2D eigenvalue weighted by Crippen LogP contribution is -2.11. The summed E-state index contributed by atoms with van der Waals surface area (Å²) in [5.74, 6) is 1.47. The molecule has 1 heterocycles. The number of rotatable bonds is 3. The molecular weight excluding hydrogens is 269 g/mol. The molecule has 21 heavy (non-hydrogen) atoms. The molecule has 2 aromatic rings. The summed E-state index contributed by atoms with van der Waals surface area (Å²) in [5, 5.41) is 11.7. The Balaban J connectivity index is 1.92. The highest BCUT2D eigenvalue weighted by molar-refractivity contribution is 5.63. The van der Waals surface area contributed by atoms with Gasteiger partial charge in [-0.15, -0.1) is 5.10 Å². The van der Waals surface area contributed by atoms with Gasteiger partial charge in [0.15, 0.2) is 5.82 Å².